The van der Waals surface area contributed by atoms with E-state index in [0.717, 1.165) is 11.4 Å². The van der Waals surface area contributed by atoms with E-state index in [1.807, 2.05) is 17.7 Å². The maximum atomic E-state index is 9.06. The molecule has 0 amide bonds. The predicted octanol–water partition coefficient (Wildman–Crippen LogP) is 2.80. The van der Waals surface area contributed by atoms with Crippen LogP contribution in [0.15, 0.2) is 30.3 Å². The van der Waals surface area contributed by atoms with Gasteiger partial charge in [0.2, 0.25) is 0 Å². The number of aromatic nitrogens is 2. The SMILES string of the molecule is Cc1cc(CO)nn1-c1ccc(C(C)C)cc1. The van der Waals surface area contributed by atoms with Crippen LogP contribution < -0.4 is 0 Å². The lowest BCUT2D eigenvalue weighted by molar-refractivity contribution is 0.276. The summed E-state index contributed by atoms with van der Waals surface area (Å²) in [6.45, 7) is 6.33. The topological polar surface area (TPSA) is 38.1 Å². The van der Waals surface area contributed by atoms with Crippen LogP contribution in [0.2, 0.25) is 0 Å². The molecule has 1 heterocycles. The van der Waals surface area contributed by atoms with Gasteiger partial charge in [-0.1, -0.05) is 26.0 Å². The van der Waals surface area contributed by atoms with Crippen molar-refractivity contribution in [2.45, 2.75) is 33.3 Å². The lowest BCUT2D eigenvalue weighted by Gasteiger charge is -2.08. The Morgan fingerprint density at radius 1 is 1.24 bits per heavy atom. The summed E-state index contributed by atoms with van der Waals surface area (Å²) in [7, 11) is 0. The molecule has 0 aliphatic rings. The number of aliphatic hydroxyl groups is 1. The second-order valence-corrected chi connectivity index (χ2v) is 4.59. The van der Waals surface area contributed by atoms with Gasteiger partial charge >= 0.3 is 0 Å². The van der Waals surface area contributed by atoms with E-state index in [1.165, 1.54) is 5.56 Å². The van der Waals surface area contributed by atoms with Gasteiger partial charge < -0.3 is 5.11 Å². The van der Waals surface area contributed by atoms with Gasteiger partial charge in [-0.05, 0) is 36.6 Å². The molecule has 17 heavy (non-hydrogen) atoms. The summed E-state index contributed by atoms with van der Waals surface area (Å²) in [6.07, 6.45) is 0. The highest BCUT2D eigenvalue weighted by molar-refractivity contribution is 5.36. The first-order chi connectivity index (χ1) is 8.11. The first-order valence-corrected chi connectivity index (χ1v) is 5.88. The van der Waals surface area contributed by atoms with Crippen LogP contribution in [0.3, 0.4) is 0 Å². The van der Waals surface area contributed by atoms with E-state index >= 15 is 0 Å². The highest BCUT2D eigenvalue weighted by atomic mass is 16.3. The molecule has 0 saturated carbocycles. The molecule has 0 spiro atoms. The molecule has 3 heteroatoms. The van der Waals surface area contributed by atoms with Gasteiger partial charge in [0.25, 0.3) is 0 Å². The van der Waals surface area contributed by atoms with Crippen LogP contribution >= 0.6 is 0 Å². The Bertz CT molecular complexity index is 497. The van der Waals surface area contributed by atoms with Crippen molar-refractivity contribution >= 4 is 0 Å². The number of aryl methyl sites for hydroxylation is 1. The summed E-state index contributed by atoms with van der Waals surface area (Å²) < 4.78 is 1.86. The number of hydrogen-bond donors (Lipinski definition) is 1. The van der Waals surface area contributed by atoms with Crippen LogP contribution in [-0.4, -0.2) is 14.9 Å². The number of hydrogen-bond acceptors (Lipinski definition) is 2. The zero-order valence-corrected chi connectivity index (χ0v) is 10.5. The molecule has 3 nitrogen and oxygen atoms in total. The Labute approximate surface area is 102 Å². The molecule has 0 aliphatic heterocycles. The van der Waals surface area contributed by atoms with Crippen molar-refractivity contribution in [1.29, 1.82) is 0 Å². The van der Waals surface area contributed by atoms with Crippen LogP contribution in [0.4, 0.5) is 0 Å². The van der Waals surface area contributed by atoms with Crippen LogP contribution in [-0.2, 0) is 6.61 Å². The molecule has 1 aromatic carbocycles. The largest absolute Gasteiger partial charge is 0.390 e. The molecule has 2 aromatic rings. The van der Waals surface area contributed by atoms with E-state index in [4.69, 9.17) is 5.11 Å². The summed E-state index contributed by atoms with van der Waals surface area (Å²) in [5, 5.41) is 13.4. The average molecular weight is 230 g/mol. The molecule has 0 unspecified atom stereocenters. The van der Waals surface area contributed by atoms with Crippen LogP contribution in [0.25, 0.3) is 5.69 Å². The van der Waals surface area contributed by atoms with Gasteiger partial charge in [0.05, 0.1) is 18.0 Å². The molecular weight excluding hydrogens is 212 g/mol. The normalized spacial score (nSPS) is 11.1. The van der Waals surface area contributed by atoms with Gasteiger partial charge in [-0.2, -0.15) is 5.10 Å². The molecule has 0 atom stereocenters. The molecule has 0 bridgehead atoms. The lowest BCUT2D eigenvalue weighted by Crippen LogP contribution is -2.00. The highest BCUT2D eigenvalue weighted by Crippen LogP contribution is 2.18. The van der Waals surface area contributed by atoms with Gasteiger partial charge in [-0.3, -0.25) is 0 Å². The number of benzene rings is 1. The summed E-state index contributed by atoms with van der Waals surface area (Å²) in [6, 6.07) is 10.3. The minimum Gasteiger partial charge on any atom is -0.390 e. The van der Waals surface area contributed by atoms with E-state index in [2.05, 4.69) is 43.2 Å². The van der Waals surface area contributed by atoms with Crippen molar-refractivity contribution in [1.82, 2.24) is 9.78 Å². The Morgan fingerprint density at radius 2 is 1.88 bits per heavy atom. The van der Waals surface area contributed by atoms with Gasteiger partial charge in [0.1, 0.15) is 0 Å². The zero-order chi connectivity index (χ0) is 12.4. The van der Waals surface area contributed by atoms with Crippen molar-refractivity contribution in [3.63, 3.8) is 0 Å². The summed E-state index contributed by atoms with van der Waals surface area (Å²) in [4.78, 5) is 0. The van der Waals surface area contributed by atoms with E-state index in [0.29, 0.717) is 11.6 Å². The quantitative estimate of drug-likeness (QED) is 0.880. The fourth-order valence-electron chi connectivity index (χ4n) is 1.88. The van der Waals surface area contributed by atoms with Crippen molar-refractivity contribution < 1.29 is 5.11 Å². The first-order valence-electron chi connectivity index (χ1n) is 5.88. The van der Waals surface area contributed by atoms with Crippen molar-refractivity contribution in [2.75, 3.05) is 0 Å². The third-order valence-electron chi connectivity index (χ3n) is 2.90. The Kier molecular flexibility index (Phi) is 3.29. The number of nitrogens with zero attached hydrogens (tertiary/aromatic N) is 2. The predicted molar refractivity (Wildman–Crippen MR) is 68.3 cm³/mol. The maximum Gasteiger partial charge on any atom is 0.0886 e. The Morgan fingerprint density at radius 3 is 2.35 bits per heavy atom. The molecule has 0 aliphatic carbocycles. The highest BCUT2D eigenvalue weighted by Gasteiger charge is 2.06. The molecule has 2 rings (SSSR count). The molecule has 0 saturated heterocycles. The number of rotatable bonds is 3. The molecule has 0 radical (unpaired) electrons. The average Bonchev–Trinajstić information content (AvgIpc) is 2.71. The van der Waals surface area contributed by atoms with Crippen molar-refractivity contribution in [2.24, 2.45) is 0 Å². The first kappa shape index (κ1) is 11.9. The van der Waals surface area contributed by atoms with Gasteiger partial charge in [-0.15, -0.1) is 0 Å². The van der Waals surface area contributed by atoms with E-state index in [1.54, 1.807) is 0 Å². The Hall–Kier alpha value is -1.61. The molecule has 1 aromatic heterocycles. The smallest absolute Gasteiger partial charge is 0.0886 e. The van der Waals surface area contributed by atoms with Gasteiger partial charge in [0.15, 0.2) is 0 Å². The van der Waals surface area contributed by atoms with Gasteiger partial charge in [-0.25, -0.2) is 4.68 Å². The third-order valence-corrected chi connectivity index (χ3v) is 2.90. The Balaban J connectivity index is 2.36. The summed E-state index contributed by atoms with van der Waals surface area (Å²) >= 11 is 0. The minimum absolute atomic E-state index is 0.0160. The molecule has 1 N–H and O–H groups in total. The van der Waals surface area contributed by atoms with E-state index < -0.39 is 0 Å². The monoisotopic (exact) mass is 230 g/mol. The lowest BCUT2D eigenvalue weighted by atomic mass is 10.0. The molecule has 90 valence electrons. The van der Waals surface area contributed by atoms with Crippen LogP contribution in [0.1, 0.15) is 36.7 Å². The standard InChI is InChI=1S/C14H18N2O/c1-10(2)12-4-6-14(7-5-12)16-11(3)8-13(9-17)15-16/h4-8,10,17H,9H2,1-3H3. The zero-order valence-electron chi connectivity index (χ0n) is 10.5. The van der Waals surface area contributed by atoms with Crippen LogP contribution in [0, 0.1) is 6.92 Å². The number of aliphatic hydroxyl groups excluding tert-OH is 1. The third kappa shape index (κ3) is 2.39. The molecular formula is C14H18N2O. The van der Waals surface area contributed by atoms with Crippen LogP contribution in [0.5, 0.6) is 0 Å². The van der Waals surface area contributed by atoms with Crippen molar-refractivity contribution in [3.05, 3.63) is 47.3 Å². The fraction of sp³-hybridized carbons (Fsp3) is 0.357. The maximum absolute atomic E-state index is 9.06. The van der Waals surface area contributed by atoms with E-state index in [-0.39, 0.29) is 6.61 Å². The second kappa shape index (κ2) is 4.72. The van der Waals surface area contributed by atoms with E-state index in [9.17, 15) is 0 Å². The van der Waals surface area contributed by atoms with Gasteiger partial charge in [0, 0.05) is 5.69 Å². The minimum atomic E-state index is -0.0160. The fourth-order valence-corrected chi connectivity index (χ4v) is 1.88. The molecule has 0 fully saturated rings. The second-order valence-electron chi connectivity index (χ2n) is 4.59. The summed E-state index contributed by atoms with van der Waals surface area (Å²) in [5.74, 6) is 0.538. The van der Waals surface area contributed by atoms with Crippen molar-refractivity contribution in [3.8, 4) is 5.69 Å². The summed E-state index contributed by atoms with van der Waals surface area (Å²) in [5.41, 5.74) is 4.09.